The molecule has 2 aromatic heterocycles. The Morgan fingerprint density at radius 3 is 2.02 bits per heavy atom. The van der Waals surface area contributed by atoms with Crippen molar-refractivity contribution < 1.29 is 0 Å². The van der Waals surface area contributed by atoms with E-state index in [0.29, 0.717) is 23.0 Å². The number of rotatable bonds is 4. The normalized spacial score (nSPS) is 12.9. The zero-order valence-corrected chi connectivity index (χ0v) is 27.2. The van der Waals surface area contributed by atoms with Crippen LogP contribution in [-0.4, -0.2) is 15.0 Å². The van der Waals surface area contributed by atoms with Crippen LogP contribution in [0, 0.1) is 11.3 Å². The summed E-state index contributed by atoms with van der Waals surface area (Å²) in [6.45, 7) is 4.57. The molecule has 0 fully saturated rings. The van der Waals surface area contributed by atoms with Crippen LogP contribution in [0.2, 0.25) is 0 Å². The largest absolute Gasteiger partial charge is 0.208 e. The molecule has 0 aliphatic heterocycles. The molecule has 0 amide bonds. The van der Waals surface area contributed by atoms with Gasteiger partial charge in [-0.3, -0.25) is 0 Å². The van der Waals surface area contributed by atoms with Gasteiger partial charge in [0.15, 0.2) is 17.5 Å². The predicted octanol–water partition coefficient (Wildman–Crippen LogP) is 11.1. The third kappa shape index (κ3) is 4.38. The number of aromatic nitrogens is 3. The molecule has 9 rings (SSSR count). The van der Waals surface area contributed by atoms with E-state index in [9.17, 15) is 5.26 Å². The average molecular weight is 633 g/mol. The summed E-state index contributed by atoms with van der Waals surface area (Å²) in [7, 11) is 0. The highest BCUT2D eigenvalue weighted by molar-refractivity contribution is 7.26. The molecule has 0 radical (unpaired) electrons. The van der Waals surface area contributed by atoms with Crippen LogP contribution in [0.15, 0.2) is 133 Å². The van der Waals surface area contributed by atoms with Crippen LogP contribution in [-0.2, 0) is 5.41 Å². The fraction of sp³-hybridized carbons (Fsp3) is 0.0698. The molecular weight excluding hydrogens is 605 g/mol. The minimum atomic E-state index is -0.143. The Morgan fingerprint density at radius 1 is 0.542 bits per heavy atom. The molecular formula is C43H28N4S. The summed E-state index contributed by atoms with van der Waals surface area (Å²) in [5, 5.41) is 12.0. The summed E-state index contributed by atoms with van der Waals surface area (Å²) in [5.74, 6) is 1.80. The van der Waals surface area contributed by atoms with Crippen molar-refractivity contribution in [3.8, 4) is 62.5 Å². The van der Waals surface area contributed by atoms with Crippen molar-refractivity contribution in [3.05, 3.63) is 150 Å². The molecule has 0 saturated carbocycles. The van der Waals surface area contributed by atoms with Crippen LogP contribution >= 0.6 is 11.3 Å². The van der Waals surface area contributed by atoms with Gasteiger partial charge in [-0.25, -0.2) is 15.0 Å². The third-order valence-corrected chi connectivity index (χ3v) is 10.8. The minimum Gasteiger partial charge on any atom is -0.208 e. The van der Waals surface area contributed by atoms with Gasteiger partial charge in [-0.2, -0.15) is 5.26 Å². The summed E-state index contributed by atoms with van der Waals surface area (Å²) in [4.78, 5) is 15.3. The van der Waals surface area contributed by atoms with Gasteiger partial charge in [0.2, 0.25) is 0 Å². The second-order valence-corrected chi connectivity index (χ2v) is 13.8. The Balaban J connectivity index is 1.25. The number of thiophene rings is 1. The summed E-state index contributed by atoms with van der Waals surface area (Å²) in [6, 6.07) is 48.4. The van der Waals surface area contributed by atoms with Crippen molar-refractivity contribution in [2.75, 3.05) is 0 Å². The molecule has 0 atom stereocenters. The Kier molecular flexibility index (Phi) is 6.36. The molecule has 2 heterocycles. The zero-order valence-electron chi connectivity index (χ0n) is 26.4. The molecule has 0 bridgehead atoms. The third-order valence-electron chi connectivity index (χ3n) is 9.59. The van der Waals surface area contributed by atoms with E-state index in [1.807, 2.05) is 35.6 Å². The van der Waals surface area contributed by atoms with Crippen molar-refractivity contribution >= 4 is 31.5 Å². The standard InChI is InChI=1S/C43H28N4S/c1-43(2)35-17-5-3-13-33(35)38-34(16-9-18-36(38)43)42-46-40(27-22-20-26(25-44)21-23-27)45-41(47-42)29-11-7-10-28(24-29)30-14-8-15-32-31-12-4-6-19-37(31)48-39(30)32/h3-24H,1-2H3. The van der Waals surface area contributed by atoms with E-state index >= 15 is 0 Å². The van der Waals surface area contributed by atoms with E-state index in [0.717, 1.165) is 22.3 Å². The molecule has 0 saturated heterocycles. The SMILES string of the molecule is CC1(C)c2ccccc2-c2c(-c3nc(-c4ccc(C#N)cc4)nc(-c4cccc(-c5cccc6c5sc5ccccc56)c4)n3)cccc21. The van der Waals surface area contributed by atoms with Crippen molar-refractivity contribution in [2.45, 2.75) is 19.3 Å². The van der Waals surface area contributed by atoms with Crippen molar-refractivity contribution in [1.29, 1.82) is 5.26 Å². The van der Waals surface area contributed by atoms with Gasteiger partial charge in [-0.1, -0.05) is 111 Å². The molecule has 4 nitrogen and oxygen atoms in total. The molecule has 8 aromatic rings. The molecule has 226 valence electrons. The number of nitrogens with zero attached hydrogens (tertiary/aromatic N) is 4. The van der Waals surface area contributed by atoms with Crippen LogP contribution in [0.5, 0.6) is 0 Å². The fourth-order valence-electron chi connectivity index (χ4n) is 7.19. The monoisotopic (exact) mass is 632 g/mol. The summed E-state index contributed by atoms with van der Waals surface area (Å²) >= 11 is 1.83. The highest BCUT2D eigenvalue weighted by Gasteiger charge is 2.37. The maximum absolute atomic E-state index is 9.43. The molecule has 48 heavy (non-hydrogen) atoms. The lowest BCUT2D eigenvalue weighted by Crippen LogP contribution is -2.14. The molecule has 0 N–H and O–H groups in total. The van der Waals surface area contributed by atoms with Crippen LogP contribution in [0.3, 0.4) is 0 Å². The molecule has 1 aliphatic carbocycles. The number of nitriles is 1. The van der Waals surface area contributed by atoms with E-state index in [1.54, 1.807) is 0 Å². The Labute approximate surface area is 282 Å². The fourth-order valence-corrected chi connectivity index (χ4v) is 8.43. The number of hydrogen-bond donors (Lipinski definition) is 0. The second-order valence-electron chi connectivity index (χ2n) is 12.8. The van der Waals surface area contributed by atoms with Gasteiger partial charge in [0.25, 0.3) is 0 Å². The molecule has 6 aromatic carbocycles. The minimum absolute atomic E-state index is 0.143. The predicted molar refractivity (Wildman–Crippen MR) is 197 cm³/mol. The van der Waals surface area contributed by atoms with E-state index in [-0.39, 0.29) is 5.41 Å². The second kappa shape index (κ2) is 10.8. The highest BCUT2D eigenvalue weighted by atomic mass is 32.1. The quantitative estimate of drug-likeness (QED) is 0.194. The Hall–Kier alpha value is -5.96. The molecule has 1 aliphatic rings. The van der Waals surface area contributed by atoms with Crippen molar-refractivity contribution in [3.63, 3.8) is 0 Å². The van der Waals surface area contributed by atoms with E-state index < -0.39 is 0 Å². The average Bonchev–Trinajstić information content (AvgIpc) is 3.64. The van der Waals surface area contributed by atoms with Crippen molar-refractivity contribution in [2.24, 2.45) is 0 Å². The van der Waals surface area contributed by atoms with Crippen LogP contribution in [0.4, 0.5) is 0 Å². The van der Waals surface area contributed by atoms with Gasteiger partial charge in [0.05, 0.1) is 11.6 Å². The lowest BCUT2D eigenvalue weighted by Gasteiger charge is -2.21. The van der Waals surface area contributed by atoms with Crippen molar-refractivity contribution in [1.82, 2.24) is 15.0 Å². The van der Waals surface area contributed by atoms with Gasteiger partial charge < -0.3 is 0 Å². The first-order valence-corrected chi connectivity index (χ1v) is 16.8. The van der Waals surface area contributed by atoms with Crippen LogP contribution < -0.4 is 0 Å². The summed E-state index contributed by atoms with van der Waals surface area (Å²) in [6.07, 6.45) is 0. The van der Waals surface area contributed by atoms with Gasteiger partial charge in [0, 0.05) is 42.3 Å². The molecule has 0 unspecified atom stereocenters. The van der Waals surface area contributed by atoms with Gasteiger partial charge in [0.1, 0.15) is 0 Å². The van der Waals surface area contributed by atoms with E-state index in [2.05, 4.69) is 129 Å². The van der Waals surface area contributed by atoms with Gasteiger partial charge in [-0.15, -0.1) is 11.3 Å². The first kappa shape index (κ1) is 28.3. The van der Waals surface area contributed by atoms with E-state index in [4.69, 9.17) is 15.0 Å². The first-order chi connectivity index (χ1) is 23.5. The number of benzene rings is 6. The maximum atomic E-state index is 9.43. The maximum Gasteiger partial charge on any atom is 0.164 e. The molecule has 0 spiro atoms. The zero-order chi connectivity index (χ0) is 32.4. The van der Waals surface area contributed by atoms with Crippen LogP contribution in [0.1, 0.15) is 30.5 Å². The first-order valence-electron chi connectivity index (χ1n) is 16.0. The van der Waals surface area contributed by atoms with Gasteiger partial charge in [-0.05, 0) is 69.8 Å². The van der Waals surface area contributed by atoms with Gasteiger partial charge >= 0.3 is 0 Å². The summed E-state index contributed by atoms with van der Waals surface area (Å²) in [5.41, 5.74) is 10.4. The lowest BCUT2D eigenvalue weighted by atomic mass is 9.82. The topological polar surface area (TPSA) is 62.5 Å². The summed E-state index contributed by atoms with van der Waals surface area (Å²) < 4.78 is 2.55. The Morgan fingerprint density at radius 2 is 1.17 bits per heavy atom. The Bertz CT molecular complexity index is 2610. The van der Waals surface area contributed by atoms with E-state index in [1.165, 1.54) is 48.0 Å². The smallest absolute Gasteiger partial charge is 0.164 e. The molecule has 5 heteroatoms. The number of hydrogen-bond acceptors (Lipinski definition) is 5. The highest BCUT2D eigenvalue weighted by Crippen LogP contribution is 2.51. The number of fused-ring (bicyclic) bond motifs is 6. The lowest BCUT2D eigenvalue weighted by molar-refractivity contribution is 0.660. The van der Waals surface area contributed by atoms with Crippen LogP contribution in [0.25, 0.3) is 76.6 Å².